The van der Waals surface area contributed by atoms with Crippen LogP contribution in [0, 0.1) is 64.6 Å². The van der Waals surface area contributed by atoms with E-state index in [-0.39, 0.29) is 37.0 Å². The third kappa shape index (κ3) is 13.2. The van der Waals surface area contributed by atoms with Crippen molar-refractivity contribution in [1.29, 1.82) is 0 Å². The molecule has 6 aromatic heterocycles. The summed E-state index contributed by atoms with van der Waals surface area (Å²) in [5, 5.41) is 18.2. The number of anilines is 2. The zero-order valence-corrected chi connectivity index (χ0v) is 56.6. The SMILES string of the molecule is Cc1ccc(NCCC[C@@H]2CCC(C)(C)C2)nc1S(=O)(=O)NC(=O)c1ccc(-n2ccc(OCCC3C4(CC4)C34CC4)n2)nc1Cl.Cc1ccc(NCCC[C@@H]2CNC(C)(C)C2)nc1S(=O)(=O)NC(=O)c1ccc(-n2ccc(OCCC3C4(CC4)C34CC4)n2)nc1Cl. The van der Waals surface area contributed by atoms with E-state index < -0.39 is 31.9 Å². The maximum atomic E-state index is 13.3. The first-order valence-electron chi connectivity index (χ1n) is 32.9. The molecule has 492 valence electrons. The number of halogens is 2. The largest absolute Gasteiger partial charge is 0.477 e. The highest BCUT2D eigenvalue weighted by Crippen LogP contribution is 2.94. The Morgan fingerprint density at radius 1 is 0.565 bits per heavy atom. The maximum absolute atomic E-state index is 13.3. The number of rotatable bonds is 26. The maximum Gasteiger partial charge on any atom is 0.282 e. The first kappa shape index (κ1) is 64.3. The van der Waals surface area contributed by atoms with Crippen LogP contribution >= 0.6 is 23.2 Å². The predicted molar refractivity (Wildman–Crippen MR) is 351 cm³/mol. The lowest BCUT2D eigenvalue weighted by Crippen LogP contribution is -2.32. The fraction of sp³-hybridized carbons (Fsp3) is 0.582. The van der Waals surface area contributed by atoms with Crippen LogP contribution in [0.25, 0.3) is 11.6 Å². The molecule has 1 aliphatic heterocycles. The molecule has 25 heteroatoms. The number of sulfonamides is 2. The van der Waals surface area contributed by atoms with Crippen molar-refractivity contribution in [3.8, 4) is 23.4 Å². The first-order valence-corrected chi connectivity index (χ1v) is 36.6. The molecular formula is C67H85Cl2N13O8S2. The molecule has 0 aromatic carbocycles. The molecule has 14 rings (SSSR count). The Bertz CT molecular complexity index is 3750. The fourth-order valence-corrected chi connectivity index (χ4v) is 19.3. The summed E-state index contributed by atoms with van der Waals surface area (Å²) < 4.78 is 72.1. The zero-order chi connectivity index (χ0) is 64.6. The standard InChI is InChI=1S/C34H43ClN6O4S.C33H42ClN7O4S/c1-22-6-8-26(36-18-4-5-23-10-13-32(2,3)21-23)37-31(22)46(43,44)40-30(42)24-7-9-27(38-29(24)35)41-19-11-28(39-41)45-20-12-25-33(14-15-33)34(25)16-17-34;1-21-6-8-25(35-16-4-5-22-19-31(2,3)36-20-22)37-30(21)46(43,44)40-29(42)23-7-9-26(38-28(23)34)41-17-10-27(39-41)45-18-11-24-32(12-13-32)33(24)14-15-33/h6-9,11,19,23,25H,4-5,10,12-18,20-21H2,1-3H3,(H,36,37)(H,40,42);6-10,17,22,24,36H,4-5,11-16,18-20H2,1-3H3,(H,35,37)(H,40,42)/t23-;22-/m10/s1. The number of nitrogens with one attached hydrogen (secondary N) is 5. The third-order valence-corrected chi connectivity index (χ3v) is 25.0. The number of carbonyl (C=O) groups excluding carboxylic acids is 2. The Balaban J connectivity index is 0.000000168. The highest BCUT2D eigenvalue weighted by atomic mass is 35.5. The fourth-order valence-electron chi connectivity index (χ4n) is 16.5. The van der Waals surface area contributed by atoms with Crippen LogP contribution in [0.1, 0.15) is 175 Å². The summed E-state index contributed by atoms with van der Waals surface area (Å²) in [4.78, 5) is 43.4. The van der Waals surface area contributed by atoms with Gasteiger partial charge in [-0.15, -0.1) is 10.2 Å². The van der Waals surface area contributed by atoms with Crippen molar-refractivity contribution in [2.75, 3.05) is 43.5 Å². The summed E-state index contributed by atoms with van der Waals surface area (Å²) in [7, 11) is -8.57. The van der Waals surface area contributed by atoms with Crippen LogP contribution in [0.3, 0.4) is 0 Å². The molecular weight excluding hydrogens is 1250 g/mol. The lowest BCUT2D eigenvalue weighted by molar-refractivity contribution is 0.0972. The molecule has 4 spiro atoms. The van der Waals surface area contributed by atoms with Gasteiger partial charge in [0.2, 0.25) is 11.8 Å². The normalized spacial score (nSPS) is 21.8. The molecule has 0 radical (unpaired) electrons. The highest BCUT2D eigenvalue weighted by molar-refractivity contribution is 7.90. The average molecular weight is 1340 g/mol. The molecule has 7 saturated carbocycles. The van der Waals surface area contributed by atoms with Gasteiger partial charge >= 0.3 is 0 Å². The second-order valence-electron chi connectivity index (χ2n) is 29.0. The summed E-state index contributed by atoms with van der Waals surface area (Å²) in [5.41, 5.74) is 3.92. The molecule has 2 atom stereocenters. The molecule has 7 heterocycles. The van der Waals surface area contributed by atoms with E-state index in [9.17, 15) is 26.4 Å². The van der Waals surface area contributed by atoms with Crippen molar-refractivity contribution >= 4 is 66.7 Å². The number of ether oxygens (including phenoxy) is 2. The zero-order valence-electron chi connectivity index (χ0n) is 53.4. The van der Waals surface area contributed by atoms with Crippen LogP contribution in [0.4, 0.5) is 11.6 Å². The third-order valence-electron chi connectivity index (χ3n) is 21.7. The van der Waals surface area contributed by atoms with Gasteiger partial charge in [0.05, 0.1) is 24.3 Å². The summed E-state index contributed by atoms with van der Waals surface area (Å²) in [5.74, 6) is 3.82. The monoisotopic (exact) mass is 1330 g/mol. The Morgan fingerprint density at radius 3 is 1.38 bits per heavy atom. The van der Waals surface area contributed by atoms with Gasteiger partial charge in [-0.05, 0) is 248 Å². The number of hydrogen-bond acceptors (Lipinski definition) is 17. The van der Waals surface area contributed by atoms with Crippen LogP contribution in [0.2, 0.25) is 10.3 Å². The number of amides is 2. The van der Waals surface area contributed by atoms with Crippen molar-refractivity contribution in [3.63, 3.8) is 0 Å². The number of nitrogens with zero attached hydrogens (tertiary/aromatic N) is 8. The minimum absolute atomic E-state index is 0.0768. The van der Waals surface area contributed by atoms with E-state index >= 15 is 0 Å². The first-order chi connectivity index (χ1) is 43.8. The molecule has 8 aliphatic rings. The van der Waals surface area contributed by atoms with Crippen LogP contribution in [0.5, 0.6) is 11.8 Å². The molecule has 2 amide bonds. The minimum atomic E-state index is -4.29. The van der Waals surface area contributed by atoms with Gasteiger partial charge in [0.15, 0.2) is 21.7 Å². The predicted octanol–water partition coefficient (Wildman–Crippen LogP) is 12.0. The summed E-state index contributed by atoms with van der Waals surface area (Å²) in [6.45, 7) is 16.0. The molecule has 6 aromatic rings. The minimum Gasteiger partial charge on any atom is -0.477 e. The summed E-state index contributed by atoms with van der Waals surface area (Å²) >= 11 is 12.7. The summed E-state index contributed by atoms with van der Waals surface area (Å²) in [6.07, 6.45) is 25.7. The van der Waals surface area contributed by atoms with Crippen molar-refractivity contribution in [3.05, 3.63) is 106 Å². The Labute approximate surface area is 549 Å². The molecule has 5 N–H and O–H groups in total. The second kappa shape index (κ2) is 24.4. The van der Waals surface area contributed by atoms with Crippen molar-refractivity contribution in [1.82, 2.24) is 54.3 Å². The molecule has 0 unspecified atom stereocenters. The van der Waals surface area contributed by atoms with Gasteiger partial charge in [-0.1, -0.05) is 49.2 Å². The van der Waals surface area contributed by atoms with E-state index in [4.69, 9.17) is 32.7 Å². The van der Waals surface area contributed by atoms with E-state index in [1.54, 1.807) is 74.8 Å². The smallest absolute Gasteiger partial charge is 0.282 e. The summed E-state index contributed by atoms with van der Waals surface area (Å²) in [6, 6.07) is 16.3. The number of hydrogen-bond donors (Lipinski definition) is 5. The van der Waals surface area contributed by atoms with Gasteiger partial charge in [0.25, 0.3) is 31.9 Å². The molecule has 21 nitrogen and oxygen atoms in total. The van der Waals surface area contributed by atoms with E-state index in [0.29, 0.717) is 105 Å². The van der Waals surface area contributed by atoms with Gasteiger partial charge in [-0.25, -0.2) is 38.7 Å². The topological polar surface area (TPSA) is 268 Å². The number of pyridine rings is 4. The molecule has 8 fully saturated rings. The van der Waals surface area contributed by atoms with E-state index in [1.807, 2.05) is 0 Å². The quantitative estimate of drug-likeness (QED) is 0.0249. The lowest BCUT2D eigenvalue weighted by atomic mass is 9.89. The average Bonchev–Trinajstić information content (AvgIpc) is 1.46. The number of fused-ring (bicyclic) bond motifs is 2. The van der Waals surface area contributed by atoms with E-state index in [1.165, 1.54) is 92.1 Å². The molecule has 1 saturated heterocycles. The van der Waals surface area contributed by atoms with Crippen LogP contribution in [0.15, 0.2) is 83.1 Å². The van der Waals surface area contributed by atoms with Gasteiger partial charge in [-0.2, -0.15) is 16.8 Å². The molecule has 0 bridgehead atoms. The Kier molecular flexibility index (Phi) is 17.1. The van der Waals surface area contributed by atoms with Crippen LogP contribution in [-0.2, 0) is 20.0 Å². The van der Waals surface area contributed by atoms with Crippen molar-refractivity contribution in [2.24, 2.45) is 50.7 Å². The van der Waals surface area contributed by atoms with E-state index in [0.717, 1.165) is 69.2 Å². The van der Waals surface area contributed by atoms with Crippen molar-refractivity contribution < 1.29 is 35.9 Å². The lowest BCUT2D eigenvalue weighted by Gasteiger charge is -2.17. The molecule has 92 heavy (non-hydrogen) atoms. The van der Waals surface area contributed by atoms with Crippen molar-refractivity contribution in [2.45, 2.75) is 173 Å². The Morgan fingerprint density at radius 2 is 1.00 bits per heavy atom. The number of aryl methyl sites for hydroxylation is 2. The Hall–Kier alpha value is -6.40. The highest BCUT2D eigenvalue weighted by Gasteiger charge is 2.86. The van der Waals surface area contributed by atoms with Crippen LogP contribution in [-0.4, -0.2) is 107 Å². The second-order valence-corrected chi connectivity index (χ2v) is 32.9. The molecule has 7 aliphatic carbocycles. The van der Waals surface area contributed by atoms with Gasteiger partial charge < -0.3 is 25.4 Å². The van der Waals surface area contributed by atoms with Crippen LogP contribution < -0.4 is 34.9 Å². The van der Waals surface area contributed by atoms with Gasteiger partial charge in [0.1, 0.15) is 21.9 Å². The number of aromatic nitrogens is 8. The number of carbonyl (C=O) groups is 2. The van der Waals surface area contributed by atoms with Gasteiger partial charge in [0, 0.05) is 43.2 Å². The van der Waals surface area contributed by atoms with Gasteiger partial charge in [-0.3, -0.25) is 9.59 Å². The van der Waals surface area contributed by atoms with E-state index in [2.05, 4.69) is 83.2 Å².